The van der Waals surface area contributed by atoms with Gasteiger partial charge in [0, 0.05) is 38.1 Å². The summed E-state index contributed by atoms with van der Waals surface area (Å²) >= 11 is 0. The van der Waals surface area contributed by atoms with Gasteiger partial charge in [-0.2, -0.15) is 0 Å². The van der Waals surface area contributed by atoms with Crippen molar-refractivity contribution in [2.24, 2.45) is 0 Å². The molecule has 1 fully saturated rings. The number of hydrogen-bond acceptors (Lipinski definition) is 7. The number of aromatic nitrogens is 3. The normalized spacial score (nSPS) is 15.8. The number of rotatable bonds is 6. The molecule has 10 heteroatoms. The lowest BCUT2D eigenvalue weighted by Crippen LogP contribution is -2.44. The second-order valence-corrected chi connectivity index (χ2v) is 8.01. The van der Waals surface area contributed by atoms with Crippen LogP contribution >= 0.6 is 0 Å². The highest BCUT2D eigenvalue weighted by Crippen LogP contribution is 2.18. The van der Waals surface area contributed by atoms with Crippen LogP contribution in [0.3, 0.4) is 0 Å². The molecular weight excluding hydrogens is 424 g/mol. The van der Waals surface area contributed by atoms with Crippen molar-refractivity contribution in [2.75, 3.05) is 43.0 Å². The number of pyridine rings is 1. The third kappa shape index (κ3) is 5.23. The van der Waals surface area contributed by atoms with Crippen molar-refractivity contribution >= 4 is 34.4 Å². The Morgan fingerprint density at radius 3 is 2.70 bits per heavy atom. The molecule has 174 valence electrons. The van der Waals surface area contributed by atoms with Gasteiger partial charge in [0.2, 0.25) is 5.91 Å². The first kappa shape index (κ1) is 22.5. The fourth-order valence-corrected chi connectivity index (χ4v) is 3.98. The van der Waals surface area contributed by atoms with Gasteiger partial charge in [-0.25, -0.2) is 14.6 Å². The van der Waals surface area contributed by atoms with Crippen molar-refractivity contribution in [1.29, 1.82) is 0 Å². The van der Waals surface area contributed by atoms with Crippen LogP contribution in [0, 0.1) is 0 Å². The van der Waals surface area contributed by atoms with Gasteiger partial charge in [-0.05, 0) is 50.6 Å². The van der Waals surface area contributed by atoms with E-state index in [4.69, 9.17) is 4.74 Å². The highest BCUT2D eigenvalue weighted by atomic mass is 16.5. The summed E-state index contributed by atoms with van der Waals surface area (Å²) in [6.45, 7) is 7.03. The van der Waals surface area contributed by atoms with Crippen molar-refractivity contribution in [2.45, 2.75) is 26.3 Å². The smallest absolute Gasteiger partial charge is 0.339 e. The molecule has 0 spiro atoms. The monoisotopic (exact) mass is 452 g/mol. The summed E-state index contributed by atoms with van der Waals surface area (Å²) < 4.78 is 5.01. The molecule has 3 aromatic rings. The highest BCUT2D eigenvalue weighted by molar-refractivity contribution is 5.96. The summed E-state index contributed by atoms with van der Waals surface area (Å²) in [7, 11) is 0. The summed E-state index contributed by atoms with van der Waals surface area (Å²) in [5, 5.41) is 2.94. The molecule has 1 aromatic carbocycles. The second-order valence-electron chi connectivity index (χ2n) is 8.01. The van der Waals surface area contributed by atoms with Crippen LogP contribution in [-0.2, 0) is 9.53 Å². The number of ether oxygens (including phenoxy) is 1. The van der Waals surface area contributed by atoms with E-state index in [1.165, 1.54) is 0 Å². The minimum atomic E-state index is -0.375. The minimum absolute atomic E-state index is 0.0994. The Balaban J connectivity index is 1.35. The van der Waals surface area contributed by atoms with E-state index in [2.05, 4.69) is 30.1 Å². The number of aromatic amines is 2. The highest BCUT2D eigenvalue weighted by Gasteiger charge is 2.25. The zero-order valence-electron chi connectivity index (χ0n) is 18.8. The van der Waals surface area contributed by atoms with Gasteiger partial charge in [0.15, 0.2) is 0 Å². The van der Waals surface area contributed by atoms with E-state index in [-0.39, 0.29) is 23.6 Å². The molecule has 0 radical (unpaired) electrons. The Hall–Kier alpha value is -3.66. The number of imidazole rings is 1. The van der Waals surface area contributed by atoms with Crippen molar-refractivity contribution in [3.8, 4) is 0 Å². The number of nitrogens with one attached hydrogen (secondary N) is 3. The van der Waals surface area contributed by atoms with Gasteiger partial charge in [-0.1, -0.05) is 0 Å². The van der Waals surface area contributed by atoms with Crippen molar-refractivity contribution < 1.29 is 14.3 Å². The van der Waals surface area contributed by atoms with Gasteiger partial charge in [0.05, 0.1) is 29.2 Å². The van der Waals surface area contributed by atoms with Crippen LogP contribution in [0.4, 0.5) is 11.5 Å². The predicted molar refractivity (Wildman–Crippen MR) is 126 cm³/mol. The topological polar surface area (TPSA) is 123 Å². The summed E-state index contributed by atoms with van der Waals surface area (Å²) in [5.41, 5.74) is 2.14. The molecule has 33 heavy (non-hydrogen) atoms. The van der Waals surface area contributed by atoms with Crippen LogP contribution < -0.4 is 15.9 Å². The van der Waals surface area contributed by atoms with Crippen LogP contribution in [0.5, 0.6) is 0 Å². The third-order valence-corrected chi connectivity index (χ3v) is 5.82. The van der Waals surface area contributed by atoms with E-state index < -0.39 is 0 Å². The van der Waals surface area contributed by atoms with E-state index in [0.717, 1.165) is 31.9 Å². The molecule has 3 N–H and O–H groups in total. The zero-order valence-corrected chi connectivity index (χ0v) is 18.8. The van der Waals surface area contributed by atoms with Crippen molar-refractivity contribution in [3.05, 3.63) is 52.6 Å². The summed E-state index contributed by atoms with van der Waals surface area (Å²) in [6.07, 6.45) is 2.43. The maximum Gasteiger partial charge on any atom is 0.339 e. The van der Waals surface area contributed by atoms with Crippen LogP contribution in [0.25, 0.3) is 11.0 Å². The number of fused-ring (bicyclic) bond motifs is 1. The lowest BCUT2D eigenvalue weighted by atomic mass is 10.2. The standard InChI is InChI=1S/C23H28N6O4/c1-3-33-22(31)16-5-8-20(24-14-16)29-10-4-9-28(11-12-29)15(2)21(30)25-17-6-7-18-19(13-17)27-23(32)26-18/h5-8,13-15H,3-4,9-12H2,1-2H3,(H,25,30)(H2,26,27,32). The predicted octanol–water partition coefficient (Wildman–Crippen LogP) is 1.97. The van der Waals surface area contributed by atoms with Gasteiger partial charge in [-0.3, -0.25) is 9.69 Å². The number of carbonyl (C=O) groups is 2. The molecule has 1 saturated heterocycles. The fraction of sp³-hybridized carbons (Fsp3) is 0.391. The molecule has 1 aliphatic rings. The maximum atomic E-state index is 12.9. The molecule has 2 aromatic heterocycles. The Labute approximate surface area is 190 Å². The van der Waals surface area contributed by atoms with E-state index in [1.54, 1.807) is 37.4 Å². The maximum absolute atomic E-state index is 12.9. The molecule has 10 nitrogen and oxygen atoms in total. The molecule has 1 atom stereocenters. The molecular formula is C23H28N6O4. The lowest BCUT2D eigenvalue weighted by Gasteiger charge is -2.27. The molecule has 0 bridgehead atoms. The Morgan fingerprint density at radius 2 is 1.94 bits per heavy atom. The van der Waals surface area contributed by atoms with Crippen LogP contribution in [0.15, 0.2) is 41.3 Å². The quantitative estimate of drug-likeness (QED) is 0.489. The number of hydrogen-bond donors (Lipinski definition) is 3. The first-order chi connectivity index (χ1) is 15.9. The number of esters is 1. The van der Waals surface area contributed by atoms with Gasteiger partial charge in [0.25, 0.3) is 0 Å². The molecule has 0 saturated carbocycles. The molecule has 0 aliphatic carbocycles. The Bertz CT molecular complexity index is 1190. The number of benzene rings is 1. The van der Waals surface area contributed by atoms with Crippen LogP contribution in [-0.4, -0.2) is 70.6 Å². The Morgan fingerprint density at radius 1 is 1.12 bits per heavy atom. The summed E-state index contributed by atoms with van der Waals surface area (Å²) in [4.78, 5) is 50.3. The molecule has 1 amide bonds. The summed E-state index contributed by atoms with van der Waals surface area (Å²) in [6, 6.07) is 8.52. The van der Waals surface area contributed by atoms with Gasteiger partial charge >= 0.3 is 11.7 Å². The van der Waals surface area contributed by atoms with Crippen molar-refractivity contribution in [1.82, 2.24) is 19.9 Å². The fourth-order valence-electron chi connectivity index (χ4n) is 3.98. The average molecular weight is 453 g/mol. The van der Waals surface area contributed by atoms with Crippen molar-refractivity contribution in [3.63, 3.8) is 0 Å². The average Bonchev–Trinajstić information content (AvgIpc) is 3.02. The molecule has 3 heterocycles. The SMILES string of the molecule is CCOC(=O)c1ccc(N2CCCN(C(C)C(=O)Nc3ccc4[nH]c(=O)[nH]c4c3)CC2)nc1. The molecule has 1 unspecified atom stereocenters. The third-order valence-electron chi connectivity index (χ3n) is 5.82. The number of carbonyl (C=O) groups excluding carboxylic acids is 2. The zero-order chi connectivity index (χ0) is 23.4. The van der Waals surface area contributed by atoms with E-state index in [9.17, 15) is 14.4 Å². The van der Waals surface area contributed by atoms with E-state index in [0.29, 0.717) is 35.4 Å². The first-order valence-electron chi connectivity index (χ1n) is 11.1. The lowest BCUT2D eigenvalue weighted by molar-refractivity contribution is -0.120. The Kier molecular flexibility index (Phi) is 6.74. The number of H-pyrrole nitrogens is 2. The number of amides is 1. The van der Waals surface area contributed by atoms with Gasteiger partial charge in [0.1, 0.15) is 5.82 Å². The largest absolute Gasteiger partial charge is 0.462 e. The molecule has 4 rings (SSSR count). The van der Waals surface area contributed by atoms with Crippen LogP contribution in [0.1, 0.15) is 30.6 Å². The van der Waals surface area contributed by atoms with Gasteiger partial charge < -0.3 is 24.9 Å². The van der Waals surface area contributed by atoms with E-state index >= 15 is 0 Å². The molecule has 1 aliphatic heterocycles. The second kappa shape index (κ2) is 9.86. The van der Waals surface area contributed by atoms with E-state index in [1.807, 2.05) is 13.0 Å². The number of nitrogens with zero attached hydrogens (tertiary/aromatic N) is 3. The first-order valence-corrected chi connectivity index (χ1v) is 11.1. The van der Waals surface area contributed by atoms with Gasteiger partial charge in [-0.15, -0.1) is 0 Å². The van der Waals surface area contributed by atoms with Crippen LogP contribution in [0.2, 0.25) is 0 Å². The summed E-state index contributed by atoms with van der Waals surface area (Å²) in [5.74, 6) is 0.328. The number of anilines is 2. The minimum Gasteiger partial charge on any atom is -0.462 e.